The average Bonchev–Trinajstić information content (AvgIpc) is 2.93. The third kappa shape index (κ3) is 3.14. The Kier molecular flexibility index (Phi) is 4.02. The number of fused-ring (bicyclic) bond motifs is 1. The van der Waals surface area contributed by atoms with Crippen molar-refractivity contribution in [3.05, 3.63) is 66.0 Å². The molecule has 3 heteroatoms. The second kappa shape index (κ2) is 6.10. The average molecular weight is 279 g/mol. The fourth-order valence-corrected chi connectivity index (χ4v) is 2.75. The molecule has 0 aliphatic carbocycles. The molecule has 0 aliphatic heterocycles. The Labute approximate surface area is 125 Å². The van der Waals surface area contributed by atoms with Crippen molar-refractivity contribution in [3.8, 4) is 0 Å². The van der Waals surface area contributed by atoms with Crippen LogP contribution in [0.5, 0.6) is 0 Å². The van der Waals surface area contributed by atoms with Gasteiger partial charge in [-0.25, -0.2) is 0 Å². The van der Waals surface area contributed by atoms with E-state index in [9.17, 15) is 0 Å². The molecule has 108 valence electrons. The molecule has 3 aromatic rings. The van der Waals surface area contributed by atoms with E-state index in [1.165, 1.54) is 16.3 Å². The van der Waals surface area contributed by atoms with Gasteiger partial charge in [-0.15, -0.1) is 0 Å². The molecule has 21 heavy (non-hydrogen) atoms. The number of likely N-dealkylation sites (N-methyl/N-ethyl adjacent to an activating group) is 1. The van der Waals surface area contributed by atoms with Crippen LogP contribution in [0.4, 0.5) is 0 Å². The molecular weight excluding hydrogens is 258 g/mol. The fourth-order valence-electron chi connectivity index (χ4n) is 2.75. The molecule has 1 unspecified atom stereocenters. The van der Waals surface area contributed by atoms with E-state index in [2.05, 4.69) is 65.9 Å². The van der Waals surface area contributed by atoms with Crippen molar-refractivity contribution in [1.82, 2.24) is 15.1 Å². The van der Waals surface area contributed by atoms with Crippen molar-refractivity contribution in [2.24, 2.45) is 7.05 Å². The van der Waals surface area contributed by atoms with Crippen molar-refractivity contribution in [2.75, 3.05) is 6.54 Å². The van der Waals surface area contributed by atoms with Crippen LogP contribution >= 0.6 is 0 Å². The zero-order valence-corrected chi connectivity index (χ0v) is 12.6. The third-order valence-electron chi connectivity index (χ3n) is 3.80. The van der Waals surface area contributed by atoms with Crippen molar-refractivity contribution < 1.29 is 0 Å². The van der Waals surface area contributed by atoms with Crippen molar-refractivity contribution in [1.29, 1.82) is 0 Å². The Morgan fingerprint density at radius 1 is 1.10 bits per heavy atom. The molecule has 1 heterocycles. The largest absolute Gasteiger partial charge is 0.309 e. The van der Waals surface area contributed by atoms with E-state index in [4.69, 9.17) is 0 Å². The smallest absolute Gasteiger partial charge is 0.0797 e. The number of benzene rings is 2. The van der Waals surface area contributed by atoms with E-state index < -0.39 is 0 Å². The van der Waals surface area contributed by atoms with Crippen LogP contribution < -0.4 is 5.32 Å². The molecule has 0 aliphatic rings. The van der Waals surface area contributed by atoms with Gasteiger partial charge in [0.1, 0.15) is 0 Å². The monoisotopic (exact) mass is 279 g/mol. The van der Waals surface area contributed by atoms with E-state index >= 15 is 0 Å². The summed E-state index contributed by atoms with van der Waals surface area (Å²) >= 11 is 0. The van der Waals surface area contributed by atoms with Crippen molar-refractivity contribution in [3.63, 3.8) is 0 Å². The number of rotatable bonds is 5. The summed E-state index contributed by atoms with van der Waals surface area (Å²) in [4.78, 5) is 0. The van der Waals surface area contributed by atoms with Crippen LogP contribution in [-0.2, 0) is 13.5 Å². The molecular formula is C18H21N3. The molecule has 0 bridgehead atoms. The van der Waals surface area contributed by atoms with Crippen LogP contribution in [0.1, 0.15) is 24.2 Å². The standard InChI is InChI=1S/C18H21N3/c1-3-19-18(17-10-11-21(2)20-17)13-14-8-9-15-6-4-5-7-16(15)12-14/h4-12,18-19H,3,13H2,1-2H3. The first-order valence-corrected chi connectivity index (χ1v) is 7.47. The predicted molar refractivity (Wildman–Crippen MR) is 87.3 cm³/mol. The Hall–Kier alpha value is -2.13. The molecule has 1 aromatic heterocycles. The summed E-state index contributed by atoms with van der Waals surface area (Å²) in [6.45, 7) is 3.07. The summed E-state index contributed by atoms with van der Waals surface area (Å²) in [6.07, 6.45) is 2.95. The number of aromatic nitrogens is 2. The van der Waals surface area contributed by atoms with Gasteiger partial charge in [-0.2, -0.15) is 5.10 Å². The summed E-state index contributed by atoms with van der Waals surface area (Å²) in [5, 5.41) is 10.7. The van der Waals surface area contributed by atoms with Gasteiger partial charge >= 0.3 is 0 Å². The molecule has 0 radical (unpaired) electrons. The van der Waals surface area contributed by atoms with Crippen LogP contribution in [0.15, 0.2) is 54.7 Å². The van der Waals surface area contributed by atoms with Gasteiger partial charge < -0.3 is 5.32 Å². The first-order chi connectivity index (χ1) is 10.3. The maximum absolute atomic E-state index is 4.54. The Balaban J connectivity index is 1.86. The second-order valence-electron chi connectivity index (χ2n) is 5.41. The molecule has 1 N–H and O–H groups in total. The molecule has 3 nitrogen and oxygen atoms in total. The SMILES string of the molecule is CCNC(Cc1ccc2ccccc2c1)c1ccn(C)n1. The summed E-state index contributed by atoms with van der Waals surface area (Å²) in [6, 6.07) is 17.5. The van der Waals surface area contributed by atoms with Gasteiger partial charge in [-0.05, 0) is 35.4 Å². The lowest BCUT2D eigenvalue weighted by molar-refractivity contribution is 0.528. The normalized spacial score (nSPS) is 12.7. The Morgan fingerprint density at radius 3 is 2.62 bits per heavy atom. The van der Waals surface area contributed by atoms with Crippen LogP contribution in [0.3, 0.4) is 0 Å². The first kappa shape index (κ1) is 13.8. The lowest BCUT2D eigenvalue weighted by atomic mass is 10.00. The molecule has 0 fully saturated rings. The highest BCUT2D eigenvalue weighted by Gasteiger charge is 2.14. The van der Waals surface area contributed by atoms with E-state index in [1.807, 2.05) is 17.9 Å². The van der Waals surface area contributed by atoms with Crippen molar-refractivity contribution in [2.45, 2.75) is 19.4 Å². The zero-order chi connectivity index (χ0) is 14.7. The van der Waals surface area contributed by atoms with Crippen LogP contribution in [-0.4, -0.2) is 16.3 Å². The van der Waals surface area contributed by atoms with Gasteiger partial charge in [-0.1, -0.05) is 49.4 Å². The summed E-state index contributed by atoms with van der Waals surface area (Å²) < 4.78 is 1.86. The molecule has 0 spiro atoms. The lowest BCUT2D eigenvalue weighted by Crippen LogP contribution is -2.23. The van der Waals surface area contributed by atoms with Gasteiger partial charge in [-0.3, -0.25) is 4.68 Å². The molecule has 1 atom stereocenters. The minimum atomic E-state index is 0.261. The lowest BCUT2D eigenvalue weighted by Gasteiger charge is -2.16. The Bertz CT molecular complexity index is 730. The fraction of sp³-hybridized carbons (Fsp3) is 0.278. The second-order valence-corrected chi connectivity index (χ2v) is 5.41. The highest BCUT2D eigenvalue weighted by molar-refractivity contribution is 5.83. The van der Waals surface area contributed by atoms with Gasteiger partial charge in [0.05, 0.1) is 11.7 Å². The zero-order valence-electron chi connectivity index (χ0n) is 12.6. The van der Waals surface area contributed by atoms with E-state index in [-0.39, 0.29) is 6.04 Å². The molecule has 0 saturated heterocycles. The number of hydrogen-bond acceptors (Lipinski definition) is 2. The van der Waals surface area contributed by atoms with Crippen LogP contribution in [0, 0.1) is 0 Å². The van der Waals surface area contributed by atoms with Crippen molar-refractivity contribution >= 4 is 10.8 Å². The third-order valence-corrected chi connectivity index (χ3v) is 3.80. The predicted octanol–water partition coefficient (Wildman–Crippen LogP) is 3.47. The van der Waals surface area contributed by atoms with Gasteiger partial charge in [0.15, 0.2) is 0 Å². The highest BCUT2D eigenvalue weighted by atomic mass is 15.3. The van der Waals surface area contributed by atoms with Gasteiger partial charge in [0, 0.05) is 13.2 Å². The van der Waals surface area contributed by atoms with Gasteiger partial charge in [0.25, 0.3) is 0 Å². The van der Waals surface area contributed by atoms with Crippen LogP contribution in [0.25, 0.3) is 10.8 Å². The van der Waals surface area contributed by atoms with Crippen LogP contribution in [0.2, 0.25) is 0 Å². The quantitative estimate of drug-likeness (QED) is 0.775. The summed E-state index contributed by atoms with van der Waals surface area (Å²) in [5.41, 5.74) is 2.44. The topological polar surface area (TPSA) is 29.9 Å². The number of nitrogens with zero attached hydrogens (tertiary/aromatic N) is 2. The maximum Gasteiger partial charge on any atom is 0.0797 e. The maximum atomic E-state index is 4.54. The van der Waals surface area contributed by atoms with E-state index in [0.29, 0.717) is 0 Å². The molecule has 0 saturated carbocycles. The molecule has 2 aromatic carbocycles. The molecule has 3 rings (SSSR count). The van der Waals surface area contributed by atoms with E-state index in [1.54, 1.807) is 0 Å². The summed E-state index contributed by atoms with van der Waals surface area (Å²) in [5.74, 6) is 0. The Morgan fingerprint density at radius 2 is 1.90 bits per heavy atom. The number of nitrogens with one attached hydrogen (secondary N) is 1. The highest BCUT2D eigenvalue weighted by Crippen LogP contribution is 2.21. The van der Waals surface area contributed by atoms with E-state index in [0.717, 1.165) is 18.7 Å². The summed E-state index contributed by atoms with van der Waals surface area (Å²) in [7, 11) is 1.96. The molecule has 0 amide bonds. The number of hydrogen-bond donors (Lipinski definition) is 1. The first-order valence-electron chi connectivity index (χ1n) is 7.47. The minimum absolute atomic E-state index is 0.261. The van der Waals surface area contributed by atoms with Gasteiger partial charge in [0.2, 0.25) is 0 Å². The minimum Gasteiger partial charge on any atom is -0.309 e. The number of aryl methyl sites for hydroxylation is 1.